The van der Waals surface area contributed by atoms with Crippen molar-refractivity contribution < 1.29 is 28.6 Å². The number of nitrogens with zero attached hydrogens (tertiary/aromatic N) is 1. The lowest BCUT2D eigenvalue weighted by Gasteiger charge is -2.49. The molecule has 0 rings (SSSR count). The molecule has 0 aliphatic carbocycles. The van der Waals surface area contributed by atoms with Gasteiger partial charge in [-0.05, 0) is 76.9 Å². The van der Waals surface area contributed by atoms with Crippen molar-refractivity contribution in [2.24, 2.45) is 44.3 Å². The summed E-state index contributed by atoms with van der Waals surface area (Å²) in [5, 5.41) is 0. The van der Waals surface area contributed by atoms with E-state index in [9.17, 15) is 14.4 Å². The number of esters is 3. The highest BCUT2D eigenvalue weighted by molar-refractivity contribution is 5.77. The Morgan fingerprint density at radius 2 is 1.20 bits per heavy atom. The lowest BCUT2D eigenvalue weighted by molar-refractivity contribution is -0.169. The maximum Gasteiger partial charge on any atom is 0.312 e. The Balaban J connectivity index is 6.11. The van der Waals surface area contributed by atoms with E-state index in [2.05, 4.69) is 65.5 Å². The van der Waals surface area contributed by atoms with Crippen LogP contribution in [0.1, 0.15) is 124 Å². The van der Waals surface area contributed by atoms with Gasteiger partial charge < -0.3 is 19.1 Å². The normalized spacial score (nSPS) is 15.5. The maximum atomic E-state index is 13.2. The zero-order valence-electron chi connectivity index (χ0n) is 33.0. The molecule has 0 radical (unpaired) electrons. The van der Waals surface area contributed by atoms with Crippen molar-refractivity contribution in [2.75, 3.05) is 33.9 Å². The van der Waals surface area contributed by atoms with Gasteiger partial charge in [0.2, 0.25) is 0 Å². The predicted molar refractivity (Wildman–Crippen MR) is 190 cm³/mol. The first-order chi connectivity index (χ1) is 20.6. The van der Waals surface area contributed by atoms with Gasteiger partial charge in [0.05, 0.1) is 10.8 Å². The van der Waals surface area contributed by atoms with Crippen LogP contribution in [0, 0.1) is 44.3 Å². The molecule has 0 aromatic heterocycles. The Kier molecular flexibility index (Phi) is 16.0. The molecule has 2 unspecified atom stereocenters. The number of hydrogen-bond donors (Lipinski definition) is 0. The zero-order valence-corrected chi connectivity index (χ0v) is 33.0. The van der Waals surface area contributed by atoms with Gasteiger partial charge in [-0.15, -0.1) is 0 Å². The van der Waals surface area contributed by atoms with Crippen LogP contribution in [0.2, 0.25) is 0 Å². The third-order valence-corrected chi connectivity index (χ3v) is 11.3. The molecule has 0 saturated heterocycles. The number of rotatable bonds is 18. The van der Waals surface area contributed by atoms with Crippen LogP contribution in [0.3, 0.4) is 0 Å². The fraction of sp³-hybridized carbons (Fsp3) is 0.821. The summed E-state index contributed by atoms with van der Waals surface area (Å²) in [7, 11) is 3.98. The Hall–Kier alpha value is -2.15. The molecular formula is C39H71NO6. The van der Waals surface area contributed by atoms with E-state index in [-0.39, 0.29) is 53.8 Å². The highest BCUT2D eigenvalue weighted by Crippen LogP contribution is 2.49. The summed E-state index contributed by atoms with van der Waals surface area (Å²) in [6, 6.07) is 0. The van der Waals surface area contributed by atoms with Crippen LogP contribution in [0.25, 0.3) is 0 Å². The van der Waals surface area contributed by atoms with E-state index in [1.807, 2.05) is 88.6 Å². The van der Waals surface area contributed by atoms with Crippen LogP contribution in [0.4, 0.5) is 0 Å². The summed E-state index contributed by atoms with van der Waals surface area (Å²) < 4.78 is 17.7. The molecule has 2 atom stereocenters. The van der Waals surface area contributed by atoms with E-state index in [4.69, 9.17) is 14.2 Å². The quantitative estimate of drug-likeness (QED) is 0.0833. The first-order valence-electron chi connectivity index (χ1n) is 17.1. The van der Waals surface area contributed by atoms with Crippen LogP contribution >= 0.6 is 0 Å². The van der Waals surface area contributed by atoms with E-state index >= 15 is 0 Å². The number of ether oxygens (including phenoxy) is 3. The van der Waals surface area contributed by atoms with Crippen molar-refractivity contribution in [1.29, 1.82) is 0 Å². The van der Waals surface area contributed by atoms with E-state index in [0.29, 0.717) is 12.8 Å². The van der Waals surface area contributed by atoms with Crippen molar-refractivity contribution in [3.63, 3.8) is 0 Å². The van der Waals surface area contributed by atoms with E-state index in [1.165, 1.54) is 0 Å². The van der Waals surface area contributed by atoms with Crippen LogP contribution in [0.5, 0.6) is 0 Å². The molecule has 0 aromatic carbocycles. The number of carbonyl (C=O) groups excluding carboxylic acids is 3. The van der Waals surface area contributed by atoms with Crippen LogP contribution in [0.15, 0.2) is 24.3 Å². The molecule has 0 aliphatic rings. The molecule has 7 heteroatoms. The second-order valence-corrected chi connectivity index (χ2v) is 17.6. The molecule has 0 amide bonds. The minimum Gasteiger partial charge on any atom is -0.461 e. The van der Waals surface area contributed by atoms with E-state index in [1.54, 1.807) is 0 Å². The SMILES string of the molecule is CC(C(OC(=O)CCCN(C)C)C(C)(C)C(C)(C)/C=C/COC(=O)C(C)(C)C(C)(C)C)C(C)(C)/C=C/COC(=O)C(C)(C)C(C)C. The predicted octanol–water partition coefficient (Wildman–Crippen LogP) is 8.91. The summed E-state index contributed by atoms with van der Waals surface area (Å²) in [6.45, 7) is 33.8. The third-order valence-electron chi connectivity index (χ3n) is 11.3. The Morgan fingerprint density at radius 1 is 0.717 bits per heavy atom. The van der Waals surface area contributed by atoms with Gasteiger partial charge in [0.25, 0.3) is 0 Å². The minimum absolute atomic E-state index is 0.0857. The number of hydrogen-bond acceptors (Lipinski definition) is 7. The van der Waals surface area contributed by atoms with Gasteiger partial charge >= 0.3 is 17.9 Å². The summed E-state index contributed by atoms with van der Waals surface area (Å²) in [6.07, 6.45) is 8.55. The summed E-state index contributed by atoms with van der Waals surface area (Å²) in [4.78, 5) is 40.8. The smallest absolute Gasteiger partial charge is 0.312 e. The van der Waals surface area contributed by atoms with Crippen LogP contribution < -0.4 is 0 Å². The lowest BCUT2D eigenvalue weighted by atomic mass is 9.59. The molecular weight excluding hydrogens is 578 g/mol. The fourth-order valence-corrected chi connectivity index (χ4v) is 4.59. The molecule has 46 heavy (non-hydrogen) atoms. The van der Waals surface area contributed by atoms with Crippen molar-refractivity contribution in [3.05, 3.63) is 24.3 Å². The summed E-state index contributed by atoms with van der Waals surface area (Å²) in [5.41, 5.74) is -2.75. The average Bonchev–Trinajstić information content (AvgIpc) is 2.90. The Bertz CT molecular complexity index is 1050. The molecule has 0 fully saturated rings. The second kappa shape index (κ2) is 16.8. The Morgan fingerprint density at radius 3 is 1.65 bits per heavy atom. The van der Waals surface area contributed by atoms with Crippen molar-refractivity contribution >= 4 is 17.9 Å². The zero-order chi connectivity index (χ0) is 36.5. The van der Waals surface area contributed by atoms with Gasteiger partial charge in [0.1, 0.15) is 19.3 Å². The molecule has 0 N–H and O–H groups in total. The van der Waals surface area contributed by atoms with Gasteiger partial charge in [-0.1, -0.05) is 107 Å². The van der Waals surface area contributed by atoms with Crippen molar-refractivity contribution in [2.45, 2.75) is 130 Å². The average molecular weight is 650 g/mol. The van der Waals surface area contributed by atoms with Crippen LogP contribution in [-0.2, 0) is 28.6 Å². The van der Waals surface area contributed by atoms with E-state index in [0.717, 1.165) is 6.54 Å². The molecule has 0 spiro atoms. The molecule has 0 bridgehead atoms. The first kappa shape index (κ1) is 43.9. The van der Waals surface area contributed by atoms with Gasteiger partial charge in [0.15, 0.2) is 0 Å². The van der Waals surface area contributed by atoms with Gasteiger partial charge in [0, 0.05) is 17.8 Å². The first-order valence-corrected chi connectivity index (χ1v) is 17.1. The topological polar surface area (TPSA) is 82.1 Å². The monoisotopic (exact) mass is 650 g/mol. The standard InChI is InChI=1S/C39H71NO6/c1-28(2)37(11,12)32(42)44-26-20-23-35(7,8)29(3)31(46-30(41)22-19-25-40(17)18)38(13,14)36(9,10)24-21-27-45-33(43)39(15,16)34(4,5)6/h20-21,23-24,28-29,31H,19,22,25-27H2,1-18H3/b23-20+,24-21+. The summed E-state index contributed by atoms with van der Waals surface area (Å²) in [5.74, 6) is -0.584. The second-order valence-electron chi connectivity index (χ2n) is 17.6. The lowest BCUT2D eigenvalue weighted by Crippen LogP contribution is -2.50. The van der Waals surface area contributed by atoms with Gasteiger partial charge in [-0.2, -0.15) is 0 Å². The van der Waals surface area contributed by atoms with Gasteiger partial charge in [-0.3, -0.25) is 14.4 Å². The fourth-order valence-electron chi connectivity index (χ4n) is 4.59. The van der Waals surface area contributed by atoms with Gasteiger partial charge in [-0.25, -0.2) is 0 Å². The minimum atomic E-state index is -0.626. The molecule has 0 saturated carbocycles. The molecule has 7 nitrogen and oxygen atoms in total. The number of carbonyl (C=O) groups is 3. The molecule has 0 aromatic rings. The van der Waals surface area contributed by atoms with E-state index < -0.39 is 27.8 Å². The summed E-state index contributed by atoms with van der Waals surface area (Å²) >= 11 is 0. The Labute approximate surface area is 283 Å². The molecule has 0 aliphatic heterocycles. The highest BCUT2D eigenvalue weighted by Gasteiger charge is 2.49. The van der Waals surface area contributed by atoms with Crippen molar-refractivity contribution in [1.82, 2.24) is 4.90 Å². The highest BCUT2D eigenvalue weighted by atomic mass is 16.5. The molecule has 0 heterocycles. The largest absolute Gasteiger partial charge is 0.461 e. The molecule has 268 valence electrons. The van der Waals surface area contributed by atoms with Crippen molar-refractivity contribution in [3.8, 4) is 0 Å². The number of allylic oxidation sites excluding steroid dienone is 2. The van der Waals surface area contributed by atoms with Crippen LogP contribution in [-0.4, -0.2) is 62.8 Å². The third kappa shape index (κ3) is 12.1. The maximum absolute atomic E-state index is 13.2.